The Bertz CT molecular complexity index is 416. The fourth-order valence-electron chi connectivity index (χ4n) is 2.10. The fraction of sp³-hybridized carbons (Fsp3) is 0.462. The van der Waals surface area contributed by atoms with E-state index in [2.05, 4.69) is 0 Å². The average molecular weight is 214 g/mol. The highest BCUT2D eigenvalue weighted by molar-refractivity contribution is 5.79. The molecule has 0 aromatic carbocycles. The van der Waals surface area contributed by atoms with Gasteiger partial charge in [0.1, 0.15) is 23.5 Å². The Labute approximate surface area is 95.7 Å². The Morgan fingerprint density at radius 2 is 1.94 bits per heavy atom. The number of rotatable bonds is 2. The van der Waals surface area contributed by atoms with Crippen LogP contribution in [0.25, 0.3) is 0 Å². The fourth-order valence-corrected chi connectivity index (χ4v) is 2.10. The lowest BCUT2D eigenvalue weighted by molar-refractivity contribution is -0.121. The van der Waals surface area contributed by atoms with Crippen LogP contribution in [0.15, 0.2) is 23.3 Å². The molecule has 0 amide bonds. The van der Waals surface area contributed by atoms with Gasteiger partial charge in [-0.1, -0.05) is 12.2 Å². The summed E-state index contributed by atoms with van der Waals surface area (Å²) >= 11 is 0. The topological polar surface area (TPSA) is 64.7 Å². The Hall–Kier alpha value is -1.87. The highest BCUT2D eigenvalue weighted by Crippen LogP contribution is 2.32. The molecule has 2 unspecified atom stereocenters. The summed E-state index contributed by atoms with van der Waals surface area (Å²) in [5.41, 5.74) is 0.837. The largest absolute Gasteiger partial charge is 0.300 e. The van der Waals surface area contributed by atoms with Gasteiger partial charge < -0.3 is 0 Å². The molecule has 3 heteroatoms. The van der Waals surface area contributed by atoms with E-state index in [9.17, 15) is 4.79 Å². The summed E-state index contributed by atoms with van der Waals surface area (Å²) in [5, 5.41) is 17.6. The highest BCUT2D eigenvalue weighted by atomic mass is 16.1. The summed E-state index contributed by atoms with van der Waals surface area (Å²) in [6.45, 7) is 3.33. The monoisotopic (exact) mass is 214 g/mol. The molecule has 0 bridgehead atoms. The highest BCUT2D eigenvalue weighted by Gasteiger charge is 2.28. The Kier molecular flexibility index (Phi) is 4.03. The molecular formula is C13H14N2O. The number of nitrogens with zero attached hydrogens (tertiary/aromatic N) is 2. The van der Waals surface area contributed by atoms with E-state index < -0.39 is 0 Å². The van der Waals surface area contributed by atoms with Gasteiger partial charge in [-0.3, -0.25) is 4.79 Å². The van der Waals surface area contributed by atoms with E-state index in [1.807, 2.05) is 24.3 Å². The van der Waals surface area contributed by atoms with Gasteiger partial charge in [-0.05, 0) is 32.3 Å². The molecule has 2 atom stereocenters. The van der Waals surface area contributed by atoms with E-state index in [1.165, 1.54) is 0 Å². The second kappa shape index (κ2) is 5.28. The van der Waals surface area contributed by atoms with Crippen LogP contribution in [-0.2, 0) is 4.79 Å². The van der Waals surface area contributed by atoms with Crippen molar-refractivity contribution in [2.24, 2.45) is 11.8 Å². The molecule has 0 radical (unpaired) electrons. The van der Waals surface area contributed by atoms with Crippen LogP contribution < -0.4 is 0 Å². The van der Waals surface area contributed by atoms with Crippen molar-refractivity contribution >= 4 is 5.78 Å². The first-order chi connectivity index (χ1) is 7.61. The molecule has 16 heavy (non-hydrogen) atoms. The van der Waals surface area contributed by atoms with E-state index in [1.54, 1.807) is 13.8 Å². The molecule has 0 fully saturated rings. The zero-order chi connectivity index (χ0) is 12.1. The van der Waals surface area contributed by atoms with Crippen molar-refractivity contribution < 1.29 is 4.79 Å². The lowest BCUT2D eigenvalue weighted by Gasteiger charge is -2.26. The van der Waals surface area contributed by atoms with Gasteiger partial charge in [0.05, 0.1) is 0 Å². The Morgan fingerprint density at radius 3 is 2.44 bits per heavy atom. The molecule has 0 heterocycles. The molecule has 82 valence electrons. The van der Waals surface area contributed by atoms with E-state index in [4.69, 9.17) is 10.5 Å². The predicted molar refractivity (Wildman–Crippen MR) is 60.0 cm³/mol. The molecule has 0 aromatic heterocycles. The molecule has 1 aliphatic rings. The van der Waals surface area contributed by atoms with Crippen molar-refractivity contribution in [1.82, 2.24) is 0 Å². The molecule has 1 rings (SSSR count). The zero-order valence-corrected chi connectivity index (χ0v) is 9.53. The van der Waals surface area contributed by atoms with Crippen molar-refractivity contribution in [2.45, 2.75) is 26.7 Å². The maximum absolute atomic E-state index is 11.5. The quantitative estimate of drug-likeness (QED) is 0.524. The van der Waals surface area contributed by atoms with E-state index in [0.29, 0.717) is 5.57 Å². The molecule has 3 nitrogen and oxygen atoms in total. The maximum atomic E-state index is 11.5. The van der Waals surface area contributed by atoms with Gasteiger partial charge in [-0.2, -0.15) is 10.5 Å². The van der Waals surface area contributed by atoms with Crippen LogP contribution in [0.2, 0.25) is 0 Å². The molecule has 0 N–H and O–H groups in total. The number of nitriles is 2. The van der Waals surface area contributed by atoms with Gasteiger partial charge in [0, 0.05) is 11.8 Å². The van der Waals surface area contributed by atoms with Crippen LogP contribution in [0.3, 0.4) is 0 Å². The first-order valence-corrected chi connectivity index (χ1v) is 5.30. The standard InChI is InChI=1S/C13H14N2O/c1-9(11(7-14)8-15)12-5-3-4-6-13(12)10(2)16/h3,5,12-13H,4,6H2,1-2H3. The summed E-state index contributed by atoms with van der Waals surface area (Å²) in [5.74, 6) is -0.0359. The van der Waals surface area contributed by atoms with Gasteiger partial charge in [-0.15, -0.1) is 0 Å². The molecule has 0 aromatic rings. The third kappa shape index (κ3) is 2.38. The second-order valence-electron chi connectivity index (χ2n) is 4.03. The van der Waals surface area contributed by atoms with E-state index in [0.717, 1.165) is 12.8 Å². The minimum Gasteiger partial charge on any atom is -0.300 e. The van der Waals surface area contributed by atoms with Crippen LogP contribution in [0.5, 0.6) is 0 Å². The van der Waals surface area contributed by atoms with Crippen LogP contribution >= 0.6 is 0 Å². The third-order valence-corrected chi connectivity index (χ3v) is 3.06. The zero-order valence-electron chi connectivity index (χ0n) is 9.53. The number of allylic oxidation sites excluding steroid dienone is 4. The van der Waals surface area contributed by atoms with E-state index >= 15 is 0 Å². The summed E-state index contributed by atoms with van der Waals surface area (Å²) in [6, 6.07) is 3.76. The molecule has 0 spiro atoms. The molecule has 0 aliphatic heterocycles. The first kappa shape index (κ1) is 12.2. The van der Waals surface area contributed by atoms with Gasteiger partial charge in [0.15, 0.2) is 0 Å². The van der Waals surface area contributed by atoms with Gasteiger partial charge in [-0.25, -0.2) is 0 Å². The number of carbonyl (C=O) groups excluding carboxylic acids is 1. The SMILES string of the molecule is CC(=O)C1CCC=CC1C(C)=C(C#N)C#N. The molecule has 1 aliphatic carbocycles. The van der Waals surface area contributed by atoms with E-state index in [-0.39, 0.29) is 23.2 Å². The van der Waals surface area contributed by atoms with Crippen molar-refractivity contribution in [2.75, 3.05) is 0 Å². The Balaban J connectivity index is 3.11. The van der Waals surface area contributed by atoms with Crippen LogP contribution in [0.4, 0.5) is 0 Å². The van der Waals surface area contributed by atoms with Crippen molar-refractivity contribution in [3.63, 3.8) is 0 Å². The first-order valence-electron chi connectivity index (χ1n) is 5.30. The van der Waals surface area contributed by atoms with Gasteiger partial charge in [0.2, 0.25) is 0 Å². The van der Waals surface area contributed by atoms with Crippen molar-refractivity contribution in [1.29, 1.82) is 10.5 Å². The number of hydrogen-bond acceptors (Lipinski definition) is 3. The summed E-state index contributed by atoms with van der Waals surface area (Å²) in [7, 11) is 0. The summed E-state index contributed by atoms with van der Waals surface area (Å²) < 4.78 is 0. The van der Waals surface area contributed by atoms with Crippen LogP contribution in [0.1, 0.15) is 26.7 Å². The predicted octanol–water partition coefficient (Wildman–Crippen LogP) is 2.52. The van der Waals surface area contributed by atoms with Crippen molar-refractivity contribution in [3.05, 3.63) is 23.3 Å². The average Bonchev–Trinajstić information content (AvgIpc) is 2.30. The summed E-state index contributed by atoms with van der Waals surface area (Å²) in [6.07, 6.45) is 5.65. The van der Waals surface area contributed by atoms with Gasteiger partial charge in [0.25, 0.3) is 0 Å². The molecule has 0 saturated carbocycles. The van der Waals surface area contributed by atoms with Gasteiger partial charge >= 0.3 is 0 Å². The summed E-state index contributed by atoms with van der Waals surface area (Å²) in [4.78, 5) is 11.5. The lowest BCUT2D eigenvalue weighted by Crippen LogP contribution is -2.24. The van der Waals surface area contributed by atoms with Crippen LogP contribution in [0, 0.1) is 34.5 Å². The lowest BCUT2D eigenvalue weighted by atomic mass is 9.76. The maximum Gasteiger partial charge on any atom is 0.133 e. The minimum absolute atomic E-state index is 0.0818. The third-order valence-electron chi connectivity index (χ3n) is 3.06. The number of carbonyl (C=O) groups is 1. The second-order valence-corrected chi connectivity index (χ2v) is 4.03. The molecular weight excluding hydrogens is 200 g/mol. The number of ketones is 1. The van der Waals surface area contributed by atoms with Crippen LogP contribution in [-0.4, -0.2) is 5.78 Å². The minimum atomic E-state index is -0.0828. The van der Waals surface area contributed by atoms with Crippen molar-refractivity contribution in [3.8, 4) is 12.1 Å². The number of Topliss-reactive ketones (excluding diaryl/α,β-unsaturated/α-hetero) is 1. The smallest absolute Gasteiger partial charge is 0.133 e. The molecule has 0 saturated heterocycles. The Morgan fingerprint density at radius 1 is 1.31 bits per heavy atom. The number of hydrogen-bond donors (Lipinski definition) is 0. The normalized spacial score (nSPS) is 23.0.